The normalized spacial score (nSPS) is 10.1. The third-order valence-electron chi connectivity index (χ3n) is 2.74. The van der Waals surface area contributed by atoms with Crippen LogP contribution >= 0.6 is 11.6 Å². The SMILES string of the molecule is CNc1ncc(F)cc1C(=O)Nc1ccc(Cl)c(OC)c1. The van der Waals surface area contributed by atoms with Crippen molar-refractivity contribution in [3.05, 3.63) is 46.9 Å². The summed E-state index contributed by atoms with van der Waals surface area (Å²) in [7, 11) is 3.07. The minimum atomic E-state index is -0.590. The monoisotopic (exact) mass is 309 g/mol. The highest BCUT2D eigenvalue weighted by Crippen LogP contribution is 2.27. The molecule has 0 saturated carbocycles. The lowest BCUT2D eigenvalue weighted by atomic mass is 10.2. The van der Waals surface area contributed by atoms with E-state index in [4.69, 9.17) is 16.3 Å². The maximum atomic E-state index is 13.2. The standard InChI is InChI=1S/C14H13ClFN3O2/c1-17-13-10(5-8(16)7-18-13)14(20)19-9-3-4-11(15)12(6-9)21-2/h3-7H,1-2H3,(H,17,18)(H,19,20). The van der Waals surface area contributed by atoms with Gasteiger partial charge in [0.1, 0.15) is 17.4 Å². The first-order valence-electron chi connectivity index (χ1n) is 6.03. The van der Waals surface area contributed by atoms with E-state index in [-0.39, 0.29) is 11.4 Å². The molecule has 0 aliphatic rings. The van der Waals surface area contributed by atoms with E-state index in [1.165, 1.54) is 7.11 Å². The summed E-state index contributed by atoms with van der Waals surface area (Å²) in [4.78, 5) is 16.0. The van der Waals surface area contributed by atoms with Gasteiger partial charge in [-0.1, -0.05) is 11.6 Å². The Balaban J connectivity index is 2.28. The number of anilines is 2. The van der Waals surface area contributed by atoms with Crippen molar-refractivity contribution in [1.82, 2.24) is 4.98 Å². The van der Waals surface area contributed by atoms with Gasteiger partial charge in [-0.2, -0.15) is 0 Å². The van der Waals surface area contributed by atoms with E-state index < -0.39 is 11.7 Å². The molecule has 0 bridgehead atoms. The van der Waals surface area contributed by atoms with Gasteiger partial charge >= 0.3 is 0 Å². The van der Waals surface area contributed by atoms with Crippen LogP contribution in [0.4, 0.5) is 15.9 Å². The number of benzene rings is 1. The lowest BCUT2D eigenvalue weighted by molar-refractivity contribution is 0.102. The van der Waals surface area contributed by atoms with Gasteiger partial charge in [0, 0.05) is 18.8 Å². The number of amides is 1. The highest BCUT2D eigenvalue weighted by atomic mass is 35.5. The molecule has 0 atom stereocenters. The molecule has 7 heteroatoms. The Hall–Kier alpha value is -2.34. The molecule has 1 amide bonds. The van der Waals surface area contributed by atoms with Crippen molar-refractivity contribution in [2.45, 2.75) is 0 Å². The number of hydrogen-bond acceptors (Lipinski definition) is 4. The summed E-state index contributed by atoms with van der Waals surface area (Å²) in [5.74, 6) is -0.362. The van der Waals surface area contributed by atoms with Crippen LogP contribution in [0.1, 0.15) is 10.4 Å². The third kappa shape index (κ3) is 3.41. The summed E-state index contributed by atoms with van der Waals surface area (Å²) in [6, 6.07) is 5.90. The van der Waals surface area contributed by atoms with E-state index in [9.17, 15) is 9.18 Å². The second-order valence-corrected chi connectivity index (χ2v) is 4.51. The lowest BCUT2D eigenvalue weighted by Crippen LogP contribution is -2.15. The molecule has 1 heterocycles. The predicted molar refractivity (Wildman–Crippen MR) is 79.7 cm³/mol. The van der Waals surface area contributed by atoms with Crippen LogP contribution in [0, 0.1) is 5.82 Å². The number of nitrogens with zero attached hydrogens (tertiary/aromatic N) is 1. The molecule has 0 spiro atoms. The molecule has 0 unspecified atom stereocenters. The van der Waals surface area contributed by atoms with Crippen molar-refractivity contribution in [3.63, 3.8) is 0 Å². The fraction of sp³-hybridized carbons (Fsp3) is 0.143. The van der Waals surface area contributed by atoms with Gasteiger partial charge in [-0.15, -0.1) is 0 Å². The molecular weight excluding hydrogens is 297 g/mol. The maximum Gasteiger partial charge on any atom is 0.259 e. The summed E-state index contributed by atoms with van der Waals surface area (Å²) in [5.41, 5.74) is 0.582. The van der Waals surface area contributed by atoms with Gasteiger partial charge in [0.15, 0.2) is 0 Å². The van der Waals surface area contributed by atoms with E-state index in [1.54, 1.807) is 25.2 Å². The maximum absolute atomic E-state index is 13.2. The number of halogens is 2. The molecule has 1 aromatic heterocycles. The van der Waals surface area contributed by atoms with Crippen molar-refractivity contribution < 1.29 is 13.9 Å². The van der Waals surface area contributed by atoms with Gasteiger partial charge in [-0.05, 0) is 18.2 Å². The fourth-order valence-corrected chi connectivity index (χ4v) is 1.94. The Labute approximate surface area is 126 Å². The van der Waals surface area contributed by atoms with Crippen LogP contribution in [0.5, 0.6) is 5.75 Å². The number of methoxy groups -OCH3 is 1. The molecule has 1 aromatic carbocycles. The second-order valence-electron chi connectivity index (χ2n) is 4.10. The van der Waals surface area contributed by atoms with E-state index in [0.717, 1.165) is 12.3 Å². The second kappa shape index (κ2) is 6.41. The molecule has 0 aliphatic heterocycles. The zero-order valence-corrected chi connectivity index (χ0v) is 12.2. The molecule has 5 nitrogen and oxygen atoms in total. The molecule has 2 N–H and O–H groups in total. The summed E-state index contributed by atoms with van der Waals surface area (Å²) in [6.07, 6.45) is 1.04. The van der Waals surface area contributed by atoms with Crippen molar-refractivity contribution in [3.8, 4) is 5.75 Å². The molecule has 110 valence electrons. The summed E-state index contributed by atoms with van der Waals surface area (Å²) in [6.45, 7) is 0. The van der Waals surface area contributed by atoms with Gasteiger partial charge in [0.25, 0.3) is 5.91 Å². The van der Waals surface area contributed by atoms with Crippen molar-refractivity contribution in [2.24, 2.45) is 0 Å². The average molecular weight is 310 g/mol. The minimum Gasteiger partial charge on any atom is -0.495 e. The Morgan fingerprint density at radius 3 is 2.81 bits per heavy atom. The van der Waals surface area contributed by atoms with Crippen LogP contribution in [0.15, 0.2) is 30.5 Å². The van der Waals surface area contributed by atoms with Crippen LogP contribution < -0.4 is 15.4 Å². The Morgan fingerprint density at radius 1 is 1.38 bits per heavy atom. The molecule has 0 radical (unpaired) electrons. The number of nitrogens with one attached hydrogen (secondary N) is 2. The van der Waals surface area contributed by atoms with Gasteiger partial charge < -0.3 is 15.4 Å². The first-order chi connectivity index (χ1) is 10.0. The number of carbonyl (C=O) groups excluding carboxylic acids is 1. The summed E-state index contributed by atoms with van der Waals surface area (Å²) in [5, 5.41) is 5.80. The van der Waals surface area contributed by atoms with Crippen LogP contribution in [-0.2, 0) is 0 Å². The largest absolute Gasteiger partial charge is 0.495 e. The van der Waals surface area contributed by atoms with Gasteiger partial charge in [0.05, 0.1) is 23.9 Å². The zero-order chi connectivity index (χ0) is 15.4. The predicted octanol–water partition coefficient (Wildman–Crippen LogP) is 3.18. The van der Waals surface area contributed by atoms with E-state index in [2.05, 4.69) is 15.6 Å². The zero-order valence-electron chi connectivity index (χ0n) is 11.4. The first kappa shape index (κ1) is 15.1. The smallest absolute Gasteiger partial charge is 0.259 e. The average Bonchev–Trinajstić information content (AvgIpc) is 2.49. The molecule has 21 heavy (non-hydrogen) atoms. The molecule has 2 rings (SSSR count). The quantitative estimate of drug-likeness (QED) is 0.910. The van der Waals surface area contributed by atoms with Crippen LogP contribution in [0.2, 0.25) is 5.02 Å². The van der Waals surface area contributed by atoms with Gasteiger partial charge in [0.2, 0.25) is 0 Å². The van der Waals surface area contributed by atoms with Crippen LogP contribution in [0.25, 0.3) is 0 Å². The van der Waals surface area contributed by atoms with Crippen LogP contribution in [-0.4, -0.2) is 25.0 Å². The van der Waals surface area contributed by atoms with Crippen LogP contribution in [0.3, 0.4) is 0 Å². The number of aromatic nitrogens is 1. The van der Waals surface area contributed by atoms with E-state index in [0.29, 0.717) is 16.5 Å². The fourth-order valence-electron chi connectivity index (χ4n) is 1.75. The van der Waals surface area contributed by atoms with Crippen molar-refractivity contribution >= 4 is 29.0 Å². The topological polar surface area (TPSA) is 63.2 Å². The number of hydrogen-bond donors (Lipinski definition) is 2. The Bertz CT molecular complexity index is 679. The third-order valence-corrected chi connectivity index (χ3v) is 3.06. The number of ether oxygens (including phenoxy) is 1. The minimum absolute atomic E-state index is 0.103. The van der Waals surface area contributed by atoms with Crippen molar-refractivity contribution in [2.75, 3.05) is 24.8 Å². The molecular formula is C14H13ClFN3O2. The van der Waals surface area contributed by atoms with E-state index in [1.807, 2.05) is 0 Å². The lowest BCUT2D eigenvalue weighted by Gasteiger charge is -2.10. The summed E-state index contributed by atoms with van der Waals surface area (Å²) >= 11 is 5.91. The van der Waals surface area contributed by atoms with E-state index >= 15 is 0 Å². The molecule has 0 fully saturated rings. The Morgan fingerprint density at radius 2 is 2.14 bits per heavy atom. The number of pyridine rings is 1. The number of rotatable bonds is 4. The highest BCUT2D eigenvalue weighted by Gasteiger charge is 2.14. The van der Waals surface area contributed by atoms with Gasteiger partial charge in [-0.25, -0.2) is 9.37 Å². The Kier molecular flexibility index (Phi) is 4.59. The molecule has 2 aromatic rings. The summed E-state index contributed by atoms with van der Waals surface area (Å²) < 4.78 is 18.3. The first-order valence-corrected chi connectivity index (χ1v) is 6.41. The van der Waals surface area contributed by atoms with Gasteiger partial charge in [-0.3, -0.25) is 4.79 Å². The van der Waals surface area contributed by atoms with Crippen molar-refractivity contribution in [1.29, 1.82) is 0 Å². The highest BCUT2D eigenvalue weighted by molar-refractivity contribution is 6.32. The molecule has 0 saturated heterocycles. The number of carbonyl (C=O) groups is 1. The molecule has 0 aliphatic carbocycles.